The third-order valence-electron chi connectivity index (χ3n) is 5.17. The van der Waals surface area contributed by atoms with E-state index < -0.39 is 28.7 Å². The number of hydroxylamine groups is 2. The van der Waals surface area contributed by atoms with Crippen LogP contribution in [0.15, 0.2) is 45.7 Å². The Morgan fingerprint density at radius 2 is 1.94 bits per heavy atom. The number of ether oxygens (including phenoxy) is 1. The predicted molar refractivity (Wildman–Crippen MR) is 135 cm³/mol. The number of aromatic nitrogens is 2. The minimum absolute atomic E-state index is 0.00718. The van der Waals surface area contributed by atoms with Crippen LogP contribution in [-0.4, -0.2) is 33.1 Å². The number of esters is 1. The van der Waals surface area contributed by atoms with Gasteiger partial charge in [-0.2, -0.15) is 0 Å². The summed E-state index contributed by atoms with van der Waals surface area (Å²) in [5, 5.41) is 1.46. The number of rotatable bonds is 7. The summed E-state index contributed by atoms with van der Waals surface area (Å²) in [6.45, 7) is 6.44. The zero-order valence-electron chi connectivity index (χ0n) is 20.3. The van der Waals surface area contributed by atoms with Gasteiger partial charge in [-0.1, -0.05) is 34.0 Å². The largest absolute Gasteiger partial charge is 0.443 e. The van der Waals surface area contributed by atoms with Gasteiger partial charge in [-0.15, -0.1) is 11.5 Å². The van der Waals surface area contributed by atoms with Gasteiger partial charge in [0.05, 0.1) is 35.0 Å². The number of benzene rings is 2. The lowest BCUT2D eigenvalue weighted by molar-refractivity contribution is -0.157. The van der Waals surface area contributed by atoms with Crippen molar-refractivity contribution in [1.82, 2.24) is 14.6 Å². The van der Waals surface area contributed by atoms with Crippen LogP contribution < -0.4 is 5.56 Å². The summed E-state index contributed by atoms with van der Waals surface area (Å²) in [5.74, 6) is 0.701. The fourth-order valence-corrected chi connectivity index (χ4v) is 3.67. The molecule has 0 atom stereocenters. The summed E-state index contributed by atoms with van der Waals surface area (Å²) >= 11 is 3.46. The second-order valence-electron chi connectivity index (χ2n) is 9.02. The molecule has 0 fully saturated rings. The maximum absolute atomic E-state index is 14.0. The van der Waals surface area contributed by atoms with Crippen molar-refractivity contribution >= 4 is 38.8 Å². The lowest BCUT2D eigenvalue weighted by atomic mass is 9.98. The van der Waals surface area contributed by atoms with Crippen LogP contribution in [0.5, 0.6) is 0 Å². The molecule has 0 aliphatic heterocycles. The van der Waals surface area contributed by atoms with Gasteiger partial charge in [0, 0.05) is 4.47 Å². The Kier molecular flexibility index (Phi) is 8.28. The smallest absolute Gasteiger partial charge is 0.360 e. The molecule has 0 saturated carbocycles. The van der Waals surface area contributed by atoms with Gasteiger partial charge in [-0.3, -0.25) is 14.2 Å². The van der Waals surface area contributed by atoms with E-state index in [-0.39, 0.29) is 30.8 Å². The van der Waals surface area contributed by atoms with E-state index in [1.807, 2.05) is 0 Å². The monoisotopic (exact) mass is 557 g/mol. The average molecular weight is 558 g/mol. The van der Waals surface area contributed by atoms with Crippen LogP contribution in [0, 0.1) is 30.5 Å². The van der Waals surface area contributed by atoms with E-state index in [1.165, 1.54) is 27.8 Å². The van der Waals surface area contributed by atoms with E-state index in [9.17, 15) is 18.8 Å². The fourth-order valence-electron chi connectivity index (χ4n) is 3.22. The van der Waals surface area contributed by atoms with Crippen molar-refractivity contribution in [3.63, 3.8) is 0 Å². The van der Waals surface area contributed by atoms with Crippen molar-refractivity contribution < 1.29 is 23.6 Å². The first-order valence-electron chi connectivity index (χ1n) is 10.9. The van der Waals surface area contributed by atoms with Gasteiger partial charge in [-0.05, 0) is 57.5 Å². The van der Waals surface area contributed by atoms with Gasteiger partial charge in [0.15, 0.2) is 6.73 Å². The molecule has 0 aliphatic carbocycles. The highest BCUT2D eigenvalue weighted by atomic mass is 79.9. The van der Waals surface area contributed by atoms with Crippen molar-refractivity contribution in [3.8, 4) is 12.3 Å². The number of carbonyl (C=O) groups excluding carboxylic acids is 2. The van der Waals surface area contributed by atoms with Crippen LogP contribution in [0.4, 0.5) is 4.39 Å². The van der Waals surface area contributed by atoms with E-state index >= 15 is 0 Å². The number of aryl methyl sites for hydroxylation is 1. The SMILES string of the molecule is C#CCN(Cc1cc2c(=O)n(COC(=O)C(C)(C)C)c(C)nc2cc1Br)OC(=O)c1ccccc1F. The second-order valence-corrected chi connectivity index (χ2v) is 9.88. The minimum Gasteiger partial charge on any atom is -0.443 e. The maximum Gasteiger partial charge on any atom is 0.360 e. The Labute approximate surface area is 216 Å². The molecular formula is C26H25BrFN3O5. The number of halogens is 2. The summed E-state index contributed by atoms with van der Waals surface area (Å²) in [7, 11) is 0. The molecule has 0 radical (unpaired) electrons. The topological polar surface area (TPSA) is 90.7 Å². The van der Waals surface area contributed by atoms with Crippen LogP contribution in [0.2, 0.25) is 0 Å². The van der Waals surface area contributed by atoms with Crippen LogP contribution in [-0.2, 0) is 27.6 Å². The maximum atomic E-state index is 14.0. The first-order chi connectivity index (χ1) is 16.9. The highest BCUT2D eigenvalue weighted by molar-refractivity contribution is 9.10. The lowest BCUT2D eigenvalue weighted by Crippen LogP contribution is -2.30. The molecular weight excluding hydrogens is 533 g/mol. The summed E-state index contributed by atoms with van der Waals surface area (Å²) < 4.78 is 21.2. The molecule has 3 rings (SSSR count). The standard InChI is InChI=1S/C26H25BrFN3O5/c1-6-11-30(36-24(33)18-9-7-8-10-21(18)28)14-17-12-19-22(13-20(17)27)29-16(2)31(23(19)32)15-35-25(34)26(3,4)5/h1,7-10,12-13H,11,14-15H2,2-5H3. The molecule has 0 spiro atoms. The molecule has 0 amide bonds. The Balaban J connectivity index is 1.92. The zero-order chi connectivity index (χ0) is 26.6. The molecule has 0 unspecified atom stereocenters. The van der Waals surface area contributed by atoms with E-state index in [2.05, 4.69) is 26.8 Å². The Bertz CT molecular complexity index is 1420. The van der Waals surface area contributed by atoms with Gasteiger partial charge < -0.3 is 9.57 Å². The first kappa shape index (κ1) is 27.0. The van der Waals surface area contributed by atoms with Gasteiger partial charge >= 0.3 is 11.9 Å². The molecule has 0 N–H and O–H groups in total. The fraction of sp³-hybridized carbons (Fsp3) is 0.308. The molecule has 2 aromatic carbocycles. The molecule has 0 saturated heterocycles. The second kappa shape index (κ2) is 11.0. The summed E-state index contributed by atoms with van der Waals surface area (Å²) in [6, 6.07) is 8.70. The number of terminal acetylenes is 1. The van der Waals surface area contributed by atoms with Crippen LogP contribution in [0.25, 0.3) is 10.9 Å². The van der Waals surface area contributed by atoms with E-state index in [0.29, 0.717) is 21.4 Å². The quantitative estimate of drug-likeness (QED) is 0.242. The number of hydrogen-bond acceptors (Lipinski definition) is 7. The molecule has 8 nitrogen and oxygen atoms in total. The van der Waals surface area contributed by atoms with Crippen LogP contribution in [0.3, 0.4) is 0 Å². The van der Waals surface area contributed by atoms with E-state index in [1.54, 1.807) is 39.8 Å². The van der Waals surface area contributed by atoms with Crippen molar-refractivity contribution in [3.05, 3.63) is 74.0 Å². The summed E-state index contributed by atoms with van der Waals surface area (Å²) in [6.07, 6.45) is 5.43. The predicted octanol–water partition coefficient (Wildman–Crippen LogP) is 4.36. The van der Waals surface area contributed by atoms with E-state index in [4.69, 9.17) is 16.0 Å². The zero-order valence-corrected chi connectivity index (χ0v) is 21.9. The molecule has 1 aromatic heterocycles. The van der Waals surface area contributed by atoms with Gasteiger partial charge in [0.1, 0.15) is 11.6 Å². The van der Waals surface area contributed by atoms with Gasteiger partial charge in [0.2, 0.25) is 0 Å². The van der Waals surface area contributed by atoms with Gasteiger partial charge in [0.25, 0.3) is 5.56 Å². The third kappa shape index (κ3) is 6.17. The van der Waals surface area contributed by atoms with Crippen molar-refractivity contribution in [2.45, 2.75) is 41.0 Å². The molecule has 188 valence electrons. The van der Waals surface area contributed by atoms with Crippen molar-refractivity contribution in [2.24, 2.45) is 5.41 Å². The summed E-state index contributed by atoms with van der Waals surface area (Å²) in [5.41, 5.74) is -0.358. The van der Waals surface area contributed by atoms with Crippen molar-refractivity contribution in [2.75, 3.05) is 6.54 Å². The Hall–Kier alpha value is -3.55. The van der Waals surface area contributed by atoms with Crippen molar-refractivity contribution in [1.29, 1.82) is 0 Å². The normalized spacial score (nSPS) is 11.4. The van der Waals surface area contributed by atoms with Crippen LogP contribution in [0.1, 0.15) is 42.5 Å². The number of hydrogen-bond donors (Lipinski definition) is 0. The first-order valence-corrected chi connectivity index (χ1v) is 11.7. The molecule has 0 bridgehead atoms. The highest BCUT2D eigenvalue weighted by Crippen LogP contribution is 2.24. The highest BCUT2D eigenvalue weighted by Gasteiger charge is 2.24. The number of carbonyl (C=O) groups is 2. The number of fused-ring (bicyclic) bond motifs is 1. The third-order valence-corrected chi connectivity index (χ3v) is 5.91. The average Bonchev–Trinajstić information content (AvgIpc) is 2.79. The molecule has 1 heterocycles. The van der Waals surface area contributed by atoms with E-state index in [0.717, 1.165) is 6.07 Å². The van der Waals surface area contributed by atoms with Crippen LogP contribution >= 0.6 is 15.9 Å². The molecule has 0 aliphatic rings. The Morgan fingerprint density at radius 3 is 2.58 bits per heavy atom. The minimum atomic E-state index is -0.902. The lowest BCUT2D eigenvalue weighted by Gasteiger charge is -2.20. The molecule has 10 heteroatoms. The summed E-state index contributed by atoms with van der Waals surface area (Å²) in [4.78, 5) is 47.7. The Morgan fingerprint density at radius 1 is 1.25 bits per heavy atom. The van der Waals surface area contributed by atoms with Gasteiger partial charge in [-0.25, -0.2) is 14.2 Å². The molecule has 3 aromatic rings. The molecule has 36 heavy (non-hydrogen) atoms. The number of nitrogens with zero attached hydrogens (tertiary/aromatic N) is 3.